The number of hydrogen-bond donors (Lipinski definition) is 2. The summed E-state index contributed by atoms with van der Waals surface area (Å²) in [5.74, 6) is 0.447. The zero-order valence-corrected chi connectivity index (χ0v) is 17.2. The zero-order chi connectivity index (χ0) is 20.2. The van der Waals surface area contributed by atoms with Gasteiger partial charge in [0.15, 0.2) is 5.75 Å². The fourth-order valence-electron chi connectivity index (χ4n) is 2.60. The van der Waals surface area contributed by atoms with Crippen LogP contribution in [-0.4, -0.2) is 46.0 Å². The number of carbonyl (C=O) groups excluding carboxylic acids is 1. The lowest BCUT2D eigenvalue weighted by atomic mass is 10.3. The van der Waals surface area contributed by atoms with Crippen LogP contribution in [0.3, 0.4) is 0 Å². The van der Waals surface area contributed by atoms with Gasteiger partial charge in [0.05, 0.1) is 17.3 Å². The summed E-state index contributed by atoms with van der Waals surface area (Å²) in [6, 6.07) is 15.1. The molecular weight excluding hydrogens is 378 g/mol. The lowest BCUT2D eigenvalue weighted by molar-refractivity contribution is 0.110. The maximum atomic E-state index is 12.2. The van der Waals surface area contributed by atoms with E-state index in [9.17, 15) is 4.79 Å². The van der Waals surface area contributed by atoms with Gasteiger partial charge < -0.3 is 25.0 Å². The number of nitrogens with one attached hydrogen (secondary N) is 2. The minimum atomic E-state index is -0.292. The average molecular weight is 406 g/mol. The number of halogens is 1. The average Bonchev–Trinajstić information content (AvgIpc) is 2.70. The van der Waals surface area contributed by atoms with Crippen molar-refractivity contribution in [2.75, 3.05) is 50.2 Å². The molecule has 0 bridgehead atoms. The number of anilines is 2. The monoisotopic (exact) mass is 405 g/mol. The van der Waals surface area contributed by atoms with Crippen LogP contribution in [0.4, 0.5) is 16.2 Å². The highest BCUT2D eigenvalue weighted by atomic mass is 35.5. The largest absolute Gasteiger partial charge is 0.487 e. The molecule has 2 aromatic rings. The van der Waals surface area contributed by atoms with Gasteiger partial charge in [0.25, 0.3) is 0 Å². The van der Waals surface area contributed by atoms with Crippen molar-refractivity contribution >= 4 is 29.0 Å². The molecule has 0 aromatic heterocycles. The number of ether oxygens (including phenoxy) is 2. The number of nitrogens with zero attached hydrogens (tertiary/aromatic N) is 1. The standard InChI is InChI=1S/C21H28ClN3O3/c1-3-27-15-16-28-20-18(22)11-7-12-19(20)24-21(26)23-13-8-14-25(2)17-9-5-4-6-10-17/h4-7,9-12H,3,8,13-16H2,1-2H3,(H2,23,24,26). The Morgan fingerprint density at radius 3 is 2.64 bits per heavy atom. The number of hydrogen-bond acceptors (Lipinski definition) is 4. The first-order chi connectivity index (χ1) is 13.6. The second-order valence-electron chi connectivity index (χ2n) is 6.15. The van der Waals surface area contributed by atoms with E-state index in [0.29, 0.717) is 42.8 Å². The van der Waals surface area contributed by atoms with Crippen LogP contribution in [-0.2, 0) is 4.74 Å². The number of benzene rings is 2. The molecule has 0 saturated heterocycles. The summed E-state index contributed by atoms with van der Waals surface area (Å²) in [7, 11) is 2.03. The van der Waals surface area contributed by atoms with Gasteiger partial charge in [-0.2, -0.15) is 0 Å². The maximum absolute atomic E-state index is 12.2. The molecule has 0 aliphatic heterocycles. The second-order valence-corrected chi connectivity index (χ2v) is 6.56. The minimum Gasteiger partial charge on any atom is -0.487 e. The first-order valence-corrected chi connectivity index (χ1v) is 9.79. The van der Waals surface area contributed by atoms with Crippen LogP contribution >= 0.6 is 11.6 Å². The third kappa shape index (κ3) is 7.29. The third-order valence-electron chi connectivity index (χ3n) is 4.05. The van der Waals surface area contributed by atoms with E-state index in [4.69, 9.17) is 21.1 Å². The van der Waals surface area contributed by atoms with Gasteiger partial charge in [-0.3, -0.25) is 0 Å². The molecule has 2 N–H and O–H groups in total. The Kier molecular flexibility index (Phi) is 9.45. The van der Waals surface area contributed by atoms with Crippen molar-refractivity contribution in [3.8, 4) is 5.75 Å². The summed E-state index contributed by atoms with van der Waals surface area (Å²) in [5, 5.41) is 6.10. The Morgan fingerprint density at radius 1 is 1.11 bits per heavy atom. The Balaban J connectivity index is 1.77. The molecule has 152 valence electrons. The van der Waals surface area contributed by atoms with Crippen molar-refractivity contribution in [1.82, 2.24) is 5.32 Å². The van der Waals surface area contributed by atoms with E-state index in [0.717, 1.165) is 18.7 Å². The highest BCUT2D eigenvalue weighted by Gasteiger charge is 2.11. The molecule has 2 amide bonds. The number of rotatable bonds is 11. The van der Waals surface area contributed by atoms with Gasteiger partial charge in [-0.15, -0.1) is 0 Å². The molecule has 0 fully saturated rings. The first-order valence-electron chi connectivity index (χ1n) is 9.42. The predicted molar refractivity (Wildman–Crippen MR) is 115 cm³/mol. The Bertz CT molecular complexity index is 728. The minimum absolute atomic E-state index is 0.292. The molecule has 0 aliphatic carbocycles. The van der Waals surface area contributed by atoms with Crippen LogP contribution < -0.4 is 20.3 Å². The maximum Gasteiger partial charge on any atom is 0.319 e. The molecule has 28 heavy (non-hydrogen) atoms. The Hall–Kier alpha value is -2.44. The van der Waals surface area contributed by atoms with E-state index in [2.05, 4.69) is 27.7 Å². The van der Waals surface area contributed by atoms with E-state index >= 15 is 0 Å². The fraction of sp³-hybridized carbons (Fsp3) is 0.381. The summed E-state index contributed by atoms with van der Waals surface area (Å²) >= 11 is 6.20. The summed E-state index contributed by atoms with van der Waals surface area (Å²) in [6.07, 6.45) is 0.825. The molecule has 6 nitrogen and oxygen atoms in total. The van der Waals surface area contributed by atoms with Crippen molar-refractivity contribution in [2.24, 2.45) is 0 Å². The molecule has 2 rings (SSSR count). The van der Waals surface area contributed by atoms with E-state index < -0.39 is 0 Å². The molecule has 0 atom stereocenters. The van der Waals surface area contributed by atoms with Crippen molar-refractivity contribution in [3.63, 3.8) is 0 Å². The lowest BCUT2D eigenvalue weighted by Crippen LogP contribution is -2.31. The molecule has 2 aromatic carbocycles. The Morgan fingerprint density at radius 2 is 1.89 bits per heavy atom. The second kappa shape index (κ2) is 12.1. The van der Waals surface area contributed by atoms with Crippen LogP contribution in [0, 0.1) is 0 Å². The quantitative estimate of drug-likeness (QED) is 0.544. The normalized spacial score (nSPS) is 10.4. The van der Waals surface area contributed by atoms with Gasteiger partial charge in [-0.1, -0.05) is 35.9 Å². The van der Waals surface area contributed by atoms with Crippen LogP contribution in [0.5, 0.6) is 5.75 Å². The van der Waals surface area contributed by atoms with Gasteiger partial charge >= 0.3 is 6.03 Å². The van der Waals surface area contributed by atoms with Crippen molar-refractivity contribution < 1.29 is 14.3 Å². The van der Waals surface area contributed by atoms with E-state index in [1.165, 1.54) is 0 Å². The van der Waals surface area contributed by atoms with Gasteiger partial charge in [-0.05, 0) is 37.6 Å². The molecule has 0 aliphatic rings. The van der Waals surface area contributed by atoms with Crippen molar-refractivity contribution in [1.29, 1.82) is 0 Å². The lowest BCUT2D eigenvalue weighted by Gasteiger charge is -2.19. The van der Waals surface area contributed by atoms with Gasteiger partial charge in [-0.25, -0.2) is 4.79 Å². The molecule has 0 saturated carbocycles. The fourth-order valence-corrected chi connectivity index (χ4v) is 2.83. The van der Waals surface area contributed by atoms with Crippen molar-refractivity contribution in [3.05, 3.63) is 53.6 Å². The molecule has 7 heteroatoms. The number of para-hydroxylation sites is 2. The first kappa shape index (κ1) is 21.9. The molecule has 0 spiro atoms. The summed E-state index contributed by atoms with van der Waals surface area (Å²) in [5.41, 5.74) is 1.68. The summed E-state index contributed by atoms with van der Waals surface area (Å²) < 4.78 is 10.9. The van der Waals surface area contributed by atoms with E-state index in [1.54, 1.807) is 18.2 Å². The highest BCUT2D eigenvalue weighted by Crippen LogP contribution is 2.32. The van der Waals surface area contributed by atoms with E-state index in [-0.39, 0.29) is 6.03 Å². The van der Waals surface area contributed by atoms with Gasteiger partial charge in [0.2, 0.25) is 0 Å². The third-order valence-corrected chi connectivity index (χ3v) is 4.34. The highest BCUT2D eigenvalue weighted by molar-refractivity contribution is 6.32. The van der Waals surface area contributed by atoms with Crippen LogP contribution in [0.25, 0.3) is 0 Å². The van der Waals surface area contributed by atoms with Crippen LogP contribution in [0.2, 0.25) is 5.02 Å². The number of urea groups is 1. The van der Waals surface area contributed by atoms with E-state index in [1.807, 2.05) is 32.2 Å². The van der Waals surface area contributed by atoms with Crippen LogP contribution in [0.15, 0.2) is 48.5 Å². The number of amides is 2. The smallest absolute Gasteiger partial charge is 0.319 e. The molecule has 0 unspecified atom stereocenters. The predicted octanol–water partition coefficient (Wildman–Crippen LogP) is 4.40. The van der Waals surface area contributed by atoms with Gasteiger partial charge in [0.1, 0.15) is 6.61 Å². The van der Waals surface area contributed by atoms with Crippen molar-refractivity contribution in [2.45, 2.75) is 13.3 Å². The zero-order valence-electron chi connectivity index (χ0n) is 16.4. The molecule has 0 heterocycles. The summed E-state index contributed by atoms with van der Waals surface area (Å²) in [6.45, 7) is 4.77. The topological polar surface area (TPSA) is 62.8 Å². The summed E-state index contributed by atoms with van der Waals surface area (Å²) in [4.78, 5) is 14.4. The van der Waals surface area contributed by atoms with Gasteiger partial charge in [0, 0.05) is 32.4 Å². The van der Waals surface area contributed by atoms with Crippen LogP contribution in [0.1, 0.15) is 13.3 Å². The Labute approximate surface area is 171 Å². The molecular formula is C21H28ClN3O3. The number of carbonyl (C=O) groups is 1. The SMILES string of the molecule is CCOCCOc1c(Cl)cccc1NC(=O)NCCCN(C)c1ccccc1. The molecule has 0 radical (unpaired) electrons.